The molecule has 0 unspecified atom stereocenters. The van der Waals surface area contributed by atoms with E-state index in [1.807, 2.05) is 32.9 Å². The zero-order chi connectivity index (χ0) is 13.8. The first-order valence-electron chi connectivity index (χ1n) is 5.65. The number of rotatable bonds is 4. The summed E-state index contributed by atoms with van der Waals surface area (Å²) in [6.45, 7) is 6.11. The summed E-state index contributed by atoms with van der Waals surface area (Å²) in [6.07, 6.45) is 0. The Morgan fingerprint density at radius 1 is 1.33 bits per heavy atom. The molecule has 5 heteroatoms. The summed E-state index contributed by atoms with van der Waals surface area (Å²) in [5.74, 6) is -0.291. The number of nitrogens with one attached hydrogen (secondary N) is 1. The van der Waals surface area contributed by atoms with Crippen molar-refractivity contribution >= 4 is 29.2 Å². The van der Waals surface area contributed by atoms with Gasteiger partial charge in [0.05, 0.1) is 16.6 Å². The molecule has 0 aliphatic rings. The number of ether oxygens (including phenoxy) is 1. The van der Waals surface area contributed by atoms with E-state index in [2.05, 4.69) is 5.32 Å². The number of hydrogen-bond donors (Lipinski definition) is 1. The number of hydrogen-bond acceptors (Lipinski definition) is 3. The number of benzene rings is 1. The first-order chi connectivity index (χ1) is 8.29. The molecule has 1 aromatic rings. The van der Waals surface area contributed by atoms with Crippen LogP contribution in [0.25, 0.3) is 0 Å². The van der Waals surface area contributed by atoms with Gasteiger partial charge in [-0.25, -0.2) is 0 Å². The van der Waals surface area contributed by atoms with Gasteiger partial charge in [0.25, 0.3) is 0 Å². The molecule has 0 aromatic heterocycles. The van der Waals surface area contributed by atoms with Crippen molar-refractivity contribution in [3.63, 3.8) is 0 Å². The van der Waals surface area contributed by atoms with E-state index in [-0.39, 0.29) is 12.5 Å². The van der Waals surface area contributed by atoms with E-state index in [1.54, 1.807) is 6.07 Å². The van der Waals surface area contributed by atoms with Crippen molar-refractivity contribution in [1.29, 1.82) is 0 Å². The van der Waals surface area contributed by atoms with Crippen LogP contribution in [0.2, 0.25) is 10.0 Å². The predicted molar refractivity (Wildman–Crippen MR) is 74.0 cm³/mol. The topological polar surface area (TPSA) is 38.3 Å². The standard InChI is InChI=1S/C13H17Cl2NO2/c1-13(2,3)18-11(17)8-16-7-9-5-4-6-10(14)12(9)15/h4-6,16H,7-8H2,1-3H3. The maximum Gasteiger partial charge on any atom is 0.320 e. The summed E-state index contributed by atoms with van der Waals surface area (Å²) in [7, 11) is 0. The van der Waals surface area contributed by atoms with Crippen LogP contribution >= 0.6 is 23.2 Å². The fourth-order valence-corrected chi connectivity index (χ4v) is 1.75. The third-order valence-electron chi connectivity index (χ3n) is 2.04. The molecule has 0 saturated carbocycles. The Bertz CT molecular complexity index is 427. The smallest absolute Gasteiger partial charge is 0.320 e. The number of carbonyl (C=O) groups excluding carboxylic acids is 1. The van der Waals surface area contributed by atoms with Gasteiger partial charge in [-0.2, -0.15) is 0 Å². The van der Waals surface area contributed by atoms with Gasteiger partial charge in [0, 0.05) is 6.54 Å². The summed E-state index contributed by atoms with van der Waals surface area (Å²) in [5, 5.41) is 3.99. The Labute approximate surface area is 117 Å². The Hall–Kier alpha value is -0.770. The molecule has 0 atom stereocenters. The maximum atomic E-state index is 11.5. The normalized spacial score (nSPS) is 11.4. The molecule has 0 radical (unpaired) electrons. The fourth-order valence-electron chi connectivity index (χ4n) is 1.36. The zero-order valence-corrected chi connectivity index (χ0v) is 12.2. The Kier molecular flexibility index (Phi) is 5.45. The average Bonchev–Trinajstić information content (AvgIpc) is 2.21. The monoisotopic (exact) mass is 289 g/mol. The average molecular weight is 290 g/mol. The molecule has 0 spiro atoms. The van der Waals surface area contributed by atoms with Crippen molar-refractivity contribution in [2.45, 2.75) is 32.9 Å². The Balaban J connectivity index is 2.43. The molecule has 0 aliphatic carbocycles. The summed E-state index contributed by atoms with van der Waals surface area (Å²) in [6, 6.07) is 5.40. The molecular weight excluding hydrogens is 273 g/mol. The van der Waals surface area contributed by atoms with Crippen molar-refractivity contribution in [3.8, 4) is 0 Å². The minimum atomic E-state index is -0.466. The third kappa shape index (κ3) is 5.25. The molecule has 0 aliphatic heterocycles. The Morgan fingerprint density at radius 3 is 2.61 bits per heavy atom. The fraction of sp³-hybridized carbons (Fsp3) is 0.462. The van der Waals surface area contributed by atoms with Crippen LogP contribution in [0.3, 0.4) is 0 Å². The lowest BCUT2D eigenvalue weighted by Crippen LogP contribution is -2.31. The molecule has 0 fully saturated rings. The van der Waals surface area contributed by atoms with Gasteiger partial charge in [0.15, 0.2) is 0 Å². The lowest BCUT2D eigenvalue weighted by molar-refractivity contribution is -0.153. The molecule has 0 bridgehead atoms. The van der Waals surface area contributed by atoms with Gasteiger partial charge in [0.2, 0.25) is 0 Å². The van der Waals surface area contributed by atoms with E-state index in [1.165, 1.54) is 0 Å². The summed E-state index contributed by atoms with van der Waals surface area (Å²) < 4.78 is 5.17. The lowest BCUT2D eigenvalue weighted by atomic mass is 10.2. The second-order valence-corrected chi connectivity index (χ2v) is 5.69. The molecule has 18 heavy (non-hydrogen) atoms. The minimum absolute atomic E-state index is 0.139. The molecule has 0 saturated heterocycles. The number of carbonyl (C=O) groups is 1. The van der Waals surface area contributed by atoms with Crippen LogP contribution in [0.15, 0.2) is 18.2 Å². The van der Waals surface area contributed by atoms with E-state index in [0.29, 0.717) is 16.6 Å². The Morgan fingerprint density at radius 2 is 2.00 bits per heavy atom. The molecule has 1 aromatic carbocycles. The molecule has 0 amide bonds. The van der Waals surface area contributed by atoms with E-state index in [0.717, 1.165) is 5.56 Å². The zero-order valence-electron chi connectivity index (χ0n) is 10.7. The summed E-state index contributed by atoms with van der Waals surface area (Å²) >= 11 is 11.9. The highest BCUT2D eigenvalue weighted by atomic mass is 35.5. The van der Waals surface area contributed by atoms with Crippen LogP contribution in [0.5, 0.6) is 0 Å². The number of halogens is 2. The number of esters is 1. The molecule has 1 rings (SSSR count). The minimum Gasteiger partial charge on any atom is -0.459 e. The molecular formula is C13H17Cl2NO2. The first kappa shape index (κ1) is 15.3. The largest absolute Gasteiger partial charge is 0.459 e. The van der Waals surface area contributed by atoms with Crippen LogP contribution in [0, 0.1) is 0 Å². The predicted octanol–water partition coefficient (Wildman–Crippen LogP) is 3.42. The van der Waals surface area contributed by atoms with Crippen molar-refractivity contribution in [2.24, 2.45) is 0 Å². The van der Waals surface area contributed by atoms with Gasteiger partial charge < -0.3 is 10.1 Å². The van der Waals surface area contributed by atoms with Crippen LogP contribution in [-0.4, -0.2) is 18.1 Å². The van der Waals surface area contributed by atoms with Crippen molar-refractivity contribution in [1.82, 2.24) is 5.32 Å². The van der Waals surface area contributed by atoms with Gasteiger partial charge in [-0.1, -0.05) is 35.3 Å². The van der Waals surface area contributed by atoms with E-state index < -0.39 is 5.60 Å². The molecule has 3 nitrogen and oxygen atoms in total. The SMILES string of the molecule is CC(C)(C)OC(=O)CNCc1cccc(Cl)c1Cl. The van der Waals surface area contributed by atoms with Crippen LogP contribution in [0.1, 0.15) is 26.3 Å². The van der Waals surface area contributed by atoms with Gasteiger partial charge >= 0.3 is 5.97 Å². The van der Waals surface area contributed by atoms with Crippen LogP contribution < -0.4 is 5.32 Å². The lowest BCUT2D eigenvalue weighted by Gasteiger charge is -2.19. The van der Waals surface area contributed by atoms with Crippen molar-refractivity contribution in [2.75, 3.05) is 6.54 Å². The quantitative estimate of drug-likeness (QED) is 0.863. The highest BCUT2D eigenvalue weighted by molar-refractivity contribution is 6.42. The highest BCUT2D eigenvalue weighted by Crippen LogP contribution is 2.25. The van der Waals surface area contributed by atoms with Crippen LogP contribution in [0.4, 0.5) is 0 Å². The van der Waals surface area contributed by atoms with E-state index in [9.17, 15) is 4.79 Å². The van der Waals surface area contributed by atoms with Gasteiger partial charge in [0.1, 0.15) is 5.60 Å². The second kappa shape index (κ2) is 6.41. The van der Waals surface area contributed by atoms with Crippen molar-refractivity contribution in [3.05, 3.63) is 33.8 Å². The van der Waals surface area contributed by atoms with Crippen molar-refractivity contribution < 1.29 is 9.53 Å². The van der Waals surface area contributed by atoms with Gasteiger partial charge in [-0.05, 0) is 32.4 Å². The van der Waals surface area contributed by atoms with Crippen LogP contribution in [-0.2, 0) is 16.1 Å². The van der Waals surface area contributed by atoms with E-state index in [4.69, 9.17) is 27.9 Å². The summed E-state index contributed by atoms with van der Waals surface area (Å²) in [5.41, 5.74) is 0.389. The highest BCUT2D eigenvalue weighted by Gasteiger charge is 2.15. The molecule has 0 heterocycles. The van der Waals surface area contributed by atoms with Gasteiger partial charge in [-0.15, -0.1) is 0 Å². The maximum absolute atomic E-state index is 11.5. The summed E-state index contributed by atoms with van der Waals surface area (Å²) in [4.78, 5) is 11.5. The molecule has 1 N–H and O–H groups in total. The first-order valence-corrected chi connectivity index (χ1v) is 6.40. The molecule has 100 valence electrons. The third-order valence-corrected chi connectivity index (χ3v) is 2.89. The second-order valence-electron chi connectivity index (χ2n) is 4.90. The van der Waals surface area contributed by atoms with Gasteiger partial charge in [-0.3, -0.25) is 4.79 Å². The van der Waals surface area contributed by atoms with E-state index >= 15 is 0 Å².